The summed E-state index contributed by atoms with van der Waals surface area (Å²) < 4.78 is 6.11. The molecule has 0 saturated heterocycles. The molecule has 3 aromatic heterocycles. The third kappa shape index (κ3) is 6.73. The van der Waals surface area contributed by atoms with Gasteiger partial charge < -0.3 is 14.4 Å². The molecule has 3 heterocycles. The van der Waals surface area contributed by atoms with Gasteiger partial charge >= 0.3 is 0 Å². The second kappa shape index (κ2) is 13.7. The summed E-state index contributed by atoms with van der Waals surface area (Å²) in [5, 5.41) is 4.75. The fourth-order valence-electron chi connectivity index (χ4n) is 5.95. The fourth-order valence-corrected chi connectivity index (χ4v) is 5.95. The average molecular weight is 801 g/mol. The van der Waals surface area contributed by atoms with Crippen molar-refractivity contribution in [3.8, 4) is 33.6 Å². The Morgan fingerprint density at radius 3 is 2.21 bits per heavy atom. The summed E-state index contributed by atoms with van der Waals surface area (Å²) in [4.78, 5) is 8.99. The largest absolute Gasteiger partial charge is 0.456 e. The van der Waals surface area contributed by atoms with Gasteiger partial charge in [-0.2, -0.15) is 0 Å². The molecular weight excluding hydrogens is 765 g/mol. The van der Waals surface area contributed by atoms with E-state index in [-0.39, 0.29) is 25.5 Å². The van der Waals surface area contributed by atoms with Gasteiger partial charge in [-0.25, -0.2) is 0 Å². The van der Waals surface area contributed by atoms with Crippen molar-refractivity contribution in [1.82, 2.24) is 9.97 Å². The van der Waals surface area contributed by atoms with Crippen molar-refractivity contribution in [2.75, 3.05) is 0 Å². The van der Waals surface area contributed by atoms with Crippen LogP contribution in [0.4, 0.5) is 0 Å². The third-order valence-corrected chi connectivity index (χ3v) is 8.57. The Labute approximate surface area is 296 Å². The van der Waals surface area contributed by atoms with E-state index in [0.717, 1.165) is 44.6 Å². The average Bonchev–Trinajstić information content (AvgIpc) is 3.48. The molecule has 0 amide bonds. The van der Waals surface area contributed by atoms with Gasteiger partial charge in [-0.1, -0.05) is 88.4 Å². The van der Waals surface area contributed by atoms with Gasteiger partial charge in [0, 0.05) is 43.3 Å². The molecular formula is C44H36IrN2O-2. The monoisotopic (exact) mass is 801 g/mol. The zero-order chi connectivity index (χ0) is 32.5. The number of benzene rings is 5. The van der Waals surface area contributed by atoms with E-state index in [0.29, 0.717) is 0 Å². The summed E-state index contributed by atoms with van der Waals surface area (Å²) in [7, 11) is 0. The molecule has 0 aliphatic heterocycles. The van der Waals surface area contributed by atoms with Crippen molar-refractivity contribution in [2.24, 2.45) is 0 Å². The summed E-state index contributed by atoms with van der Waals surface area (Å²) in [6.45, 7) is 10.8. The quantitative estimate of drug-likeness (QED) is 0.167. The topological polar surface area (TPSA) is 38.9 Å². The number of fused-ring (bicyclic) bond motifs is 5. The van der Waals surface area contributed by atoms with Gasteiger partial charge in [-0.05, 0) is 69.4 Å². The Morgan fingerprint density at radius 1 is 0.625 bits per heavy atom. The van der Waals surface area contributed by atoms with Crippen LogP contribution in [0.2, 0.25) is 0 Å². The van der Waals surface area contributed by atoms with E-state index in [1.807, 2.05) is 55.7 Å². The minimum absolute atomic E-state index is 0. The maximum Gasteiger partial charge on any atom is 0.136 e. The van der Waals surface area contributed by atoms with Crippen LogP contribution in [0.3, 0.4) is 0 Å². The second-order valence-electron chi connectivity index (χ2n) is 13.1. The van der Waals surface area contributed by atoms with Crippen molar-refractivity contribution < 1.29 is 24.5 Å². The molecule has 239 valence electrons. The van der Waals surface area contributed by atoms with Crippen LogP contribution >= 0.6 is 0 Å². The second-order valence-corrected chi connectivity index (χ2v) is 13.1. The fraction of sp³-hybridized carbons (Fsp3) is 0.136. The van der Waals surface area contributed by atoms with Gasteiger partial charge in [0.2, 0.25) is 0 Å². The molecule has 1 radical (unpaired) electrons. The molecule has 0 aliphatic rings. The standard InChI is InChI=1S/C31H24NO.C13H12N.Ir/c1-31(2,3)22-16-17-32-27(19-22)21-9-6-8-20(18-21)23-11-7-12-25-24(23)14-15-29-30(25)26-10-4-5-13-28(26)33-29;1-10-3-6-12(7-4-10)13-8-5-11(2)9-14-13;/h4-8,10-19H,1-3H3;3-6,8-9H,1-2H3;/q2*-1;. The Morgan fingerprint density at radius 2 is 1.44 bits per heavy atom. The summed E-state index contributed by atoms with van der Waals surface area (Å²) in [5.74, 6) is 0. The summed E-state index contributed by atoms with van der Waals surface area (Å²) in [6.07, 6.45) is 3.78. The van der Waals surface area contributed by atoms with E-state index >= 15 is 0 Å². The first-order chi connectivity index (χ1) is 22.7. The van der Waals surface area contributed by atoms with Gasteiger partial charge in [0.25, 0.3) is 0 Å². The molecule has 0 spiro atoms. The number of aryl methyl sites for hydroxylation is 2. The molecule has 5 aromatic carbocycles. The Hall–Kier alpha value is -4.89. The molecule has 0 unspecified atom stereocenters. The van der Waals surface area contributed by atoms with E-state index in [4.69, 9.17) is 4.42 Å². The van der Waals surface area contributed by atoms with E-state index in [1.165, 1.54) is 38.4 Å². The molecule has 0 aliphatic carbocycles. The molecule has 0 N–H and O–H groups in total. The van der Waals surface area contributed by atoms with Gasteiger partial charge in [-0.3, -0.25) is 0 Å². The summed E-state index contributed by atoms with van der Waals surface area (Å²) in [5.41, 5.74) is 11.9. The normalized spacial score (nSPS) is 11.3. The number of hydrogen-bond acceptors (Lipinski definition) is 3. The Kier molecular flexibility index (Phi) is 9.42. The van der Waals surface area contributed by atoms with Crippen molar-refractivity contribution in [3.05, 3.63) is 156 Å². The Balaban J connectivity index is 0.000000225. The molecule has 0 bridgehead atoms. The first kappa shape index (κ1) is 33.0. The minimum Gasteiger partial charge on any atom is -0.456 e. The maximum atomic E-state index is 6.11. The molecule has 3 nitrogen and oxygen atoms in total. The third-order valence-electron chi connectivity index (χ3n) is 8.57. The number of rotatable bonds is 3. The molecule has 8 rings (SSSR count). The van der Waals surface area contributed by atoms with Gasteiger partial charge in [0.05, 0.1) is 0 Å². The van der Waals surface area contributed by atoms with Crippen LogP contribution in [0.1, 0.15) is 37.5 Å². The van der Waals surface area contributed by atoms with Crippen molar-refractivity contribution in [1.29, 1.82) is 0 Å². The first-order valence-electron chi connectivity index (χ1n) is 16.0. The summed E-state index contributed by atoms with van der Waals surface area (Å²) in [6, 6.07) is 46.4. The number of para-hydroxylation sites is 1. The van der Waals surface area contributed by atoms with Crippen LogP contribution in [-0.4, -0.2) is 9.97 Å². The SMILES string of the molecule is CC(C)(C)c1ccnc(-c2[c-]ccc(-c3cccc4c3ccc3oc5ccccc5c34)c2)c1.Cc1c[c-]c(-c2ccc(C)cn2)cc1.[Ir]. The minimum atomic E-state index is 0. The van der Waals surface area contributed by atoms with Crippen LogP contribution in [0, 0.1) is 26.0 Å². The number of aromatic nitrogens is 2. The smallest absolute Gasteiger partial charge is 0.136 e. The molecule has 48 heavy (non-hydrogen) atoms. The molecule has 0 fully saturated rings. The molecule has 4 heteroatoms. The molecule has 0 saturated carbocycles. The number of pyridine rings is 2. The predicted molar refractivity (Wildman–Crippen MR) is 195 cm³/mol. The van der Waals surface area contributed by atoms with E-state index in [1.54, 1.807) is 0 Å². The van der Waals surface area contributed by atoms with Crippen molar-refractivity contribution in [2.45, 2.75) is 40.0 Å². The van der Waals surface area contributed by atoms with Crippen LogP contribution in [0.25, 0.3) is 66.4 Å². The van der Waals surface area contributed by atoms with Crippen LogP contribution in [0.15, 0.2) is 132 Å². The van der Waals surface area contributed by atoms with Crippen molar-refractivity contribution in [3.63, 3.8) is 0 Å². The molecule has 0 atom stereocenters. The number of hydrogen-bond donors (Lipinski definition) is 0. The Bertz CT molecular complexity index is 2300. The summed E-state index contributed by atoms with van der Waals surface area (Å²) >= 11 is 0. The first-order valence-corrected chi connectivity index (χ1v) is 16.0. The van der Waals surface area contributed by atoms with E-state index in [9.17, 15) is 0 Å². The molecule has 8 aromatic rings. The van der Waals surface area contributed by atoms with Crippen LogP contribution in [-0.2, 0) is 25.5 Å². The van der Waals surface area contributed by atoms with E-state index < -0.39 is 0 Å². The van der Waals surface area contributed by atoms with Crippen LogP contribution < -0.4 is 0 Å². The van der Waals surface area contributed by atoms with Gasteiger partial charge in [0.1, 0.15) is 11.2 Å². The maximum absolute atomic E-state index is 6.11. The van der Waals surface area contributed by atoms with Gasteiger partial charge in [-0.15, -0.1) is 70.8 Å². The van der Waals surface area contributed by atoms with E-state index in [2.05, 4.69) is 129 Å². The van der Waals surface area contributed by atoms with Crippen LogP contribution in [0.5, 0.6) is 0 Å². The zero-order valence-electron chi connectivity index (χ0n) is 27.8. The van der Waals surface area contributed by atoms with Crippen molar-refractivity contribution >= 4 is 32.7 Å². The number of furan rings is 1. The predicted octanol–water partition coefficient (Wildman–Crippen LogP) is 11.7. The van der Waals surface area contributed by atoms with Gasteiger partial charge in [0.15, 0.2) is 0 Å². The number of nitrogens with zero attached hydrogens (tertiary/aromatic N) is 2. The zero-order valence-corrected chi connectivity index (χ0v) is 30.2.